The van der Waals surface area contributed by atoms with E-state index in [0.29, 0.717) is 6.61 Å². The Morgan fingerprint density at radius 2 is 1.70 bits per heavy atom. The van der Waals surface area contributed by atoms with Gasteiger partial charge in [0.05, 0.1) is 0 Å². The Morgan fingerprint density at radius 1 is 1.00 bits per heavy atom. The first kappa shape index (κ1) is 15.0. The van der Waals surface area contributed by atoms with Gasteiger partial charge in [0.2, 0.25) is 0 Å². The van der Waals surface area contributed by atoms with Gasteiger partial charge in [-0.25, -0.2) is 0 Å². The van der Waals surface area contributed by atoms with Gasteiger partial charge in [0.1, 0.15) is 12.4 Å². The minimum absolute atomic E-state index is 0.136. The summed E-state index contributed by atoms with van der Waals surface area (Å²) < 4.78 is 5.96. The molecule has 0 bridgehead atoms. The van der Waals surface area contributed by atoms with Crippen molar-refractivity contribution in [3.05, 3.63) is 59.7 Å². The molecule has 0 aliphatic carbocycles. The monoisotopic (exact) mass is 286 g/mol. The summed E-state index contributed by atoms with van der Waals surface area (Å²) in [7, 11) is 0. The summed E-state index contributed by atoms with van der Waals surface area (Å²) in [5, 5.41) is 0. The molecular formula is C18H22OS. The maximum atomic E-state index is 5.96. The third-order valence-electron chi connectivity index (χ3n) is 3.23. The molecule has 0 aliphatic rings. The van der Waals surface area contributed by atoms with Crippen molar-refractivity contribution >= 4 is 11.8 Å². The van der Waals surface area contributed by atoms with Crippen molar-refractivity contribution < 1.29 is 4.74 Å². The SMILES string of the molecule is CSc1cc(OCc2ccccc2)cc(C(C)(C)C)c1. The lowest BCUT2D eigenvalue weighted by molar-refractivity contribution is 0.304. The molecule has 0 fully saturated rings. The standard InChI is InChI=1S/C18H22OS/c1-18(2,3)15-10-16(12-17(11-15)20-4)19-13-14-8-6-5-7-9-14/h5-12H,13H2,1-4H3. The number of hydrogen-bond acceptors (Lipinski definition) is 2. The minimum Gasteiger partial charge on any atom is -0.489 e. The van der Waals surface area contributed by atoms with Crippen LogP contribution in [0.3, 0.4) is 0 Å². The summed E-state index contributed by atoms with van der Waals surface area (Å²) in [6, 6.07) is 16.8. The maximum absolute atomic E-state index is 5.96. The van der Waals surface area contributed by atoms with Crippen LogP contribution in [-0.4, -0.2) is 6.26 Å². The van der Waals surface area contributed by atoms with E-state index < -0.39 is 0 Å². The lowest BCUT2D eigenvalue weighted by atomic mass is 9.87. The zero-order valence-electron chi connectivity index (χ0n) is 12.6. The molecule has 0 amide bonds. The highest BCUT2D eigenvalue weighted by atomic mass is 32.2. The molecule has 0 aromatic heterocycles. The first-order chi connectivity index (χ1) is 9.49. The molecule has 0 spiro atoms. The summed E-state index contributed by atoms with van der Waals surface area (Å²) >= 11 is 1.75. The number of benzene rings is 2. The second kappa shape index (κ2) is 6.36. The predicted molar refractivity (Wildman–Crippen MR) is 87.7 cm³/mol. The number of rotatable bonds is 4. The molecule has 2 rings (SSSR count). The van der Waals surface area contributed by atoms with Gasteiger partial charge in [0, 0.05) is 4.90 Å². The van der Waals surface area contributed by atoms with Gasteiger partial charge in [-0.1, -0.05) is 51.1 Å². The van der Waals surface area contributed by atoms with Crippen LogP contribution in [0.4, 0.5) is 0 Å². The lowest BCUT2D eigenvalue weighted by Crippen LogP contribution is -2.11. The van der Waals surface area contributed by atoms with Crippen molar-refractivity contribution in [1.82, 2.24) is 0 Å². The first-order valence-corrected chi connectivity index (χ1v) is 8.08. The summed E-state index contributed by atoms with van der Waals surface area (Å²) in [6.07, 6.45) is 2.10. The van der Waals surface area contributed by atoms with E-state index in [9.17, 15) is 0 Å². The summed E-state index contributed by atoms with van der Waals surface area (Å²) in [5.41, 5.74) is 2.64. The van der Waals surface area contributed by atoms with E-state index in [1.165, 1.54) is 16.0 Å². The summed E-state index contributed by atoms with van der Waals surface area (Å²) in [4.78, 5) is 1.25. The highest BCUT2D eigenvalue weighted by molar-refractivity contribution is 7.98. The van der Waals surface area contributed by atoms with Crippen molar-refractivity contribution in [2.75, 3.05) is 6.26 Å². The predicted octanol–water partition coefficient (Wildman–Crippen LogP) is 5.29. The Bertz CT molecular complexity index is 555. The van der Waals surface area contributed by atoms with Gasteiger partial charge < -0.3 is 4.74 Å². The zero-order chi connectivity index (χ0) is 14.6. The van der Waals surface area contributed by atoms with Crippen LogP contribution < -0.4 is 4.74 Å². The van der Waals surface area contributed by atoms with Gasteiger partial charge in [-0.2, -0.15) is 0 Å². The van der Waals surface area contributed by atoms with Crippen molar-refractivity contribution in [2.45, 2.75) is 37.7 Å². The topological polar surface area (TPSA) is 9.23 Å². The minimum atomic E-state index is 0.136. The largest absolute Gasteiger partial charge is 0.489 e. The third kappa shape index (κ3) is 4.04. The Balaban J connectivity index is 2.19. The van der Waals surface area contributed by atoms with E-state index in [2.05, 4.69) is 57.4 Å². The van der Waals surface area contributed by atoms with E-state index in [0.717, 1.165) is 5.75 Å². The van der Waals surface area contributed by atoms with Gasteiger partial charge in [-0.05, 0) is 41.0 Å². The molecule has 2 aromatic rings. The van der Waals surface area contributed by atoms with Gasteiger partial charge >= 0.3 is 0 Å². The summed E-state index contributed by atoms with van der Waals surface area (Å²) in [5.74, 6) is 0.950. The number of hydrogen-bond donors (Lipinski definition) is 0. The average Bonchev–Trinajstić information content (AvgIpc) is 2.45. The van der Waals surface area contributed by atoms with Crippen molar-refractivity contribution in [1.29, 1.82) is 0 Å². The molecule has 0 aliphatic heterocycles. The molecule has 1 nitrogen and oxygen atoms in total. The maximum Gasteiger partial charge on any atom is 0.121 e. The highest BCUT2D eigenvalue weighted by Gasteiger charge is 2.15. The molecule has 0 saturated carbocycles. The van der Waals surface area contributed by atoms with Crippen LogP contribution in [0.25, 0.3) is 0 Å². The highest BCUT2D eigenvalue weighted by Crippen LogP contribution is 2.31. The molecule has 106 valence electrons. The van der Waals surface area contributed by atoms with Crippen molar-refractivity contribution in [2.24, 2.45) is 0 Å². The van der Waals surface area contributed by atoms with Gasteiger partial charge in [-0.15, -0.1) is 11.8 Å². The van der Waals surface area contributed by atoms with Crippen molar-refractivity contribution in [3.8, 4) is 5.75 Å². The molecule has 0 radical (unpaired) electrons. The zero-order valence-corrected chi connectivity index (χ0v) is 13.5. The van der Waals surface area contributed by atoms with Crippen LogP contribution in [0.2, 0.25) is 0 Å². The Morgan fingerprint density at radius 3 is 2.30 bits per heavy atom. The second-order valence-electron chi connectivity index (χ2n) is 5.92. The second-order valence-corrected chi connectivity index (χ2v) is 6.80. The third-order valence-corrected chi connectivity index (χ3v) is 3.94. The lowest BCUT2D eigenvalue weighted by Gasteiger charge is -2.21. The first-order valence-electron chi connectivity index (χ1n) is 6.85. The van der Waals surface area contributed by atoms with Crippen LogP contribution in [0.5, 0.6) is 5.75 Å². The fraction of sp³-hybridized carbons (Fsp3) is 0.333. The number of thioether (sulfide) groups is 1. The van der Waals surface area contributed by atoms with Gasteiger partial charge in [-0.3, -0.25) is 0 Å². The molecule has 0 saturated heterocycles. The molecule has 0 heterocycles. The van der Waals surface area contributed by atoms with Crippen LogP contribution in [0, 0.1) is 0 Å². The van der Waals surface area contributed by atoms with E-state index in [4.69, 9.17) is 4.74 Å². The fourth-order valence-electron chi connectivity index (χ4n) is 1.95. The molecule has 2 heteroatoms. The molecule has 0 atom stereocenters. The Kier molecular flexibility index (Phi) is 4.77. The molecule has 0 N–H and O–H groups in total. The Labute approximate surface area is 126 Å². The van der Waals surface area contributed by atoms with E-state index in [1.54, 1.807) is 11.8 Å². The van der Waals surface area contributed by atoms with E-state index in [1.807, 2.05) is 18.2 Å². The molecular weight excluding hydrogens is 264 g/mol. The van der Waals surface area contributed by atoms with Crippen LogP contribution >= 0.6 is 11.8 Å². The number of ether oxygens (including phenoxy) is 1. The molecule has 20 heavy (non-hydrogen) atoms. The van der Waals surface area contributed by atoms with E-state index in [-0.39, 0.29) is 5.41 Å². The fourth-order valence-corrected chi connectivity index (χ4v) is 2.43. The smallest absolute Gasteiger partial charge is 0.121 e. The van der Waals surface area contributed by atoms with Crippen LogP contribution in [-0.2, 0) is 12.0 Å². The summed E-state index contributed by atoms with van der Waals surface area (Å²) in [6.45, 7) is 7.30. The average molecular weight is 286 g/mol. The normalized spacial score (nSPS) is 11.4. The van der Waals surface area contributed by atoms with Crippen molar-refractivity contribution in [3.63, 3.8) is 0 Å². The molecule has 0 unspecified atom stereocenters. The van der Waals surface area contributed by atoms with Crippen LogP contribution in [0.1, 0.15) is 31.9 Å². The quantitative estimate of drug-likeness (QED) is 0.707. The van der Waals surface area contributed by atoms with Crippen LogP contribution in [0.15, 0.2) is 53.4 Å². The Hall–Kier alpha value is -1.41. The van der Waals surface area contributed by atoms with Gasteiger partial charge in [0.15, 0.2) is 0 Å². The van der Waals surface area contributed by atoms with Gasteiger partial charge in [0.25, 0.3) is 0 Å². The van der Waals surface area contributed by atoms with E-state index >= 15 is 0 Å². The molecule has 2 aromatic carbocycles.